The van der Waals surface area contributed by atoms with Crippen molar-refractivity contribution in [2.75, 3.05) is 14.2 Å². The molecule has 2 rings (SSSR count). The van der Waals surface area contributed by atoms with Gasteiger partial charge in [-0.25, -0.2) is 0 Å². The molecule has 1 amide bonds. The molecule has 0 unspecified atom stereocenters. The highest BCUT2D eigenvalue weighted by Gasteiger charge is 2.09. The van der Waals surface area contributed by atoms with Crippen molar-refractivity contribution in [2.24, 2.45) is 0 Å². The Labute approximate surface area is 144 Å². The Kier molecular flexibility index (Phi) is 6.33. The highest BCUT2D eigenvalue weighted by Crippen LogP contribution is 2.27. The lowest BCUT2D eigenvalue weighted by Gasteiger charge is -2.10. The number of carbonyl (C=O) groups is 1. The SMILES string of the molecule is COc1ccc(CNC(=O)CCCn2cc([N+](=O)[O-])cn2)cc1OC. The summed E-state index contributed by atoms with van der Waals surface area (Å²) < 4.78 is 11.8. The number of hydrogen-bond acceptors (Lipinski definition) is 6. The molecule has 1 aromatic carbocycles. The average molecular weight is 348 g/mol. The van der Waals surface area contributed by atoms with Gasteiger partial charge >= 0.3 is 5.69 Å². The van der Waals surface area contributed by atoms with Gasteiger partial charge in [0, 0.05) is 19.5 Å². The normalized spacial score (nSPS) is 10.3. The number of aryl methyl sites for hydroxylation is 1. The zero-order valence-corrected chi connectivity index (χ0v) is 14.1. The summed E-state index contributed by atoms with van der Waals surface area (Å²) in [5.41, 5.74) is 0.839. The number of carbonyl (C=O) groups excluding carboxylic acids is 1. The fourth-order valence-electron chi connectivity index (χ4n) is 2.25. The quantitative estimate of drug-likeness (QED) is 0.548. The molecule has 0 aliphatic carbocycles. The lowest BCUT2D eigenvalue weighted by atomic mass is 10.2. The van der Waals surface area contributed by atoms with Crippen LogP contribution in [0.5, 0.6) is 11.5 Å². The van der Waals surface area contributed by atoms with Crippen molar-refractivity contribution in [3.05, 3.63) is 46.3 Å². The Balaban J connectivity index is 1.76. The number of nitrogens with zero attached hydrogens (tertiary/aromatic N) is 3. The van der Waals surface area contributed by atoms with Crippen molar-refractivity contribution >= 4 is 11.6 Å². The van der Waals surface area contributed by atoms with Crippen LogP contribution in [0.15, 0.2) is 30.6 Å². The van der Waals surface area contributed by atoms with Crippen LogP contribution >= 0.6 is 0 Å². The Bertz CT molecular complexity index is 744. The molecule has 0 bridgehead atoms. The van der Waals surface area contributed by atoms with Crippen LogP contribution in [0.25, 0.3) is 0 Å². The van der Waals surface area contributed by atoms with E-state index in [0.717, 1.165) is 5.56 Å². The summed E-state index contributed by atoms with van der Waals surface area (Å²) in [6.45, 7) is 0.823. The molecule has 9 nitrogen and oxygen atoms in total. The van der Waals surface area contributed by atoms with Gasteiger partial charge in [-0.1, -0.05) is 6.07 Å². The molecule has 0 atom stereocenters. The van der Waals surface area contributed by atoms with E-state index in [1.165, 1.54) is 17.1 Å². The summed E-state index contributed by atoms with van der Waals surface area (Å²) in [5.74, 6) is 1.14. The molecule has 25 heavy (non-hydrogen) atoms. The molecular weight excluding hydrogens is 328 g/mol. The predicted octanol–water partition coefficient (Wildman–Crippen LogP) is 1.91. The van der Waals surface area contributed by atoms with E-state index in [9.17, 15) is 14.9 Å². The summed E-state index contributed by atoms with van der Waals surface area (Å²) in [6, 6.07) is 5.44. The van der Waals surface area contributed by atoms with Gasteiger partial charge in [0.25, 0.3) is 0 Å². The molecule has 0 radical (unpaired) electrons. The maximum atomic E-state index is 11.9. The monoisotopic (exact) mass is 348 g/mol. The Hall–Kier alpha value is -3.10. The van der Waals surface area contributed by atoms with E-state index in [4.69, 9.17) is 9.47 Å². The van der Waals surface area contributed by atoms with Gasteiger partial charge < -0.3 is 14.8 Å². The molecule has 0 aliphatic rings. The lowest BCUT2D eigenvalue weighted by molar-refractivity contribution is -0.385. The molecule has 0 saturated carbocycles. The molecular formula is C16H20N4O5. The van der Waals surface area contributed by atoms with Crippen molar-refractivity contribution in [2.45, 2.75) is 25.9 Å². The maximum Gasteiger partial charge on any atom is 0.306 e. The fraction of sp³-hybridized carbons (Fsp3) is 0.375. The van der Waals surface area contributed by atoms with Crippen molar-refractivity contribution in [1.82, 2.24) is 15.1 Å². The summed E-state index contributed by atoms with van der Waals surface area (Å²) in [6.07, 6.45) is 3.39. The van der Waals surface area contributed by atoms with Crippen LogP contribution in [0.3, 0.4) is 0 Å². The lowest BCUT2D eigenvalue weighted by Crippen LogP contribution is -2.22. The van der Waals surface area contributed by atoms with E-state index in [1.807, 2.05) is 12.1 Å². The molecule has 9 heteroatoms. The second-order valence-electron chi connectivity index (χ2n) is 5.29. The van der Waals surface area contributed by atoms with E-state index < -0.39 is 4.92 Å². The minimum Gasteiger partial charge on any atom is -0.493 e. The summed E-state index contributed by atoms with van der Waals surface area (Å²) in [5, 5.41) is 17.3. The number of rotatable bonds is 9. The average Bonchev–Trinajstić information content (AvgIpc) is 3.09. The van der Waals surface area contributed by atoms with Gasteiger partial charge in [-0.15, -0.1) is 0 Å². The molecule has 0 saturated heterocycles. The number of ether oxygens (including phenoxy) is 2. The molecule has 1 aromatic heterocycles. The van der Waals surface area contributed by atoms with E-state index in [2.05, 4.69) is 10.4 Å². The second kappa shape index (κ2) is 8.67. The third-order valence-electron chi connectivity index (χ3n) is 3.56. The third kappa shape index (κ3) is 5.20. The number of hydrogen-bond donors (Lipinski definition) is 1. The van der Waals surface area contributed by atoms with Crippen molar-refractivity contribution < 1.29 is 19.2 Å². The summed E-state index contributed by atoms with van der Waals surface area (Å²) >= 11 is 0. The zero-order valence-electron chi connectivity index (χ0n) is 14.1. The van der Waals surface area contributed by atoms with E-state index in [1.54, 1.807) is 20.3 Å². The minimum atomic E-state index is -0.501. The van der Waals surface area contributed by atoms with Crippen molar-refractivity contribution in [1.29, 1.82) is 0 Å². The van der Waals surface area contributed by atoms with Gasteiger partial charge in [-0.3, -0.25) is 19.6 Å². The molecule has 0 aliphatic heterocycles. The van der Waals surface area contributed by atoms with Crippen LogP contribution in [0.4, 0.5) is 5.69 Å². The van der Waals surface area contributed by atoms with Gasteiger partial charge in [-0.2, -0.15) is 5.10 Å². The number of nitrogens with one attached hydrogen (secondary N) is 1. The number of amides is 1. The first kappa shape index (κ1) is 18.2. The molecule has 0 fully saturated rings. The van der Waals surface area contributed by atoms with Gasteiger partial charge in [0.1, 0.15) is 12.4 Å². The highest BCUT2D eigenvalue weighted by molar-refractivity contribution is 5.75. The number of benzene rings is 1. The van der Waals surface area contributed by atoms with Crippen molar-refractivity contribution in [3.63, 3.8) is 0 Å². The van der Waals surface area contributed by atoms with Crippen LogP contribution in [0, 0.1) is 10.1 Å². The molecule has 2 aromatic rings. The van der Waals surface area contributed by atoms with Crippen LogP contribution < -0.4 is 14.8 Å². The standard InChI is InChI=1S/C16H20N4O5/c1-24-14-6-5-12(8-15(14)25-2)9-17-16(21)4-3-7-19-11-13(10-18-19)20(22)23/h5-6,8,10-11H,3-4,7,9H2,1-2H3,(H,17,21). The largest absolute Gasteiger partial charge is 0.493 e. The van der Waals surface area contributed by atoms with E-state index in [0.29, 0.717) is 37.4 Å². The predicted molar refractivity (Wildman–Crippen MR) is 89.5 cm³/mol. The Morgan fingerprint density at radius 1 is 1.32 bits per heavy atom. The Morgan fingerprint density at radius 2 is 2.08 bits per heavy atom. The van der Waals surface area contributed by atoms with Crippen LogP contribution in [0.1, 0.15) is 18.4 Å². The first-order valence-electron chi connectivity index (χ1n) is 7.68. The van der Waals surface area contributed by atoms with Crippen molar-refractivity contribution in [3.8, 4) is 11.5 Å². The second-order valence-corrected chi connectivity index (χ2v) is 5.29. The molecule has 1 N–H and O–H groups in total. The first-order valence-corrected chi connectivity index (χ1v) is 7.68. The van der Waals surface area contributed by atoms with Crippen LogP contribution in [-0.2, 0) is 17.9 Å². The van der Waals surface area contributed by atoms with Crippen LogP contribution in [-0.4, -0.2) is 34.8 Å². The number of methoxy groups -OCH3 is 2. The third-order valence-corrected chi connectivity index (χ3v) is 3.56. The van der Waals surface area contributed by atoms with E-state index in [-0.39, 0.29) is 11.6 Å². The Morgan fingerprint density at radius 3 is 2.72 bits per heavy atom. The zero-order chi connectivity index (χ0) is 18.2. The number of nitro groups is 1. The summed E-state index contributed by atoms with van der Waals surface area (Å²) in [4.78, 5) is 22.0. The van der Waals surface area contributed by atoms with E-state index >= 15 is 0 Å². The highest BCUT2D eigenvalue weighted by atomic mass is 16.6. The smallest absolute Gasteiger partial charge is 0.306 e. The minimum absolute atomic E-state index is 0.0575. The fourth-order valence-corrected chi connectivity index (χ4v) is 2.25. The molecule has 0 spiro atoms. The molecule has 134 valence electrons. The van der Waals surface area contributed by atoms with Gasteiger partial charge in [0.05, 0.1) is 19.1 Å². The van der Waals surface area contributed by atoms with Gasteiger partial charge in [-0.05, 0) is 24.1 Å². The van der Waals surface area contributed by atoms with Gasteiger partial charge in [0.15, 0.2) is 11.5 Å². The first-order chi connectivity index (χ1) is 12.0. The summed E-state index contributed by atoms with van der Waals surface area (Å²) in [7, 11) is 3.12. The van der Waals surface area contributed by atoms with Gasteiger partial charge in [0.2, 0.25) is 5.91 Å². The number of aromatic nitrogens is 2. The van der Waals surface area contributed by atoms with Crippen LogP contribution in [0.2, 0.25) is 0 Å². The maximum absolute atomic E-state index is 11.9. The molecule has 1 heterocycles. The topological polar surface area (TPSA) is 109 Å².